The average Bonchev–Trinajstić information content (AvgIpc) is 2.24. The molecule has 2 unspecified atom stereocenters. The molecular formula is C12H23N3O3. The summed E-state index contributed by atoms with van der Waals surface area (Å²) >= 11 is 0. The maximum absolute atomic E-state index is 11.1. The van der Waals surface area contributed by atoms with Crippen molar-refractivity contribution in [3.8, 4) is 0 Å². The van der Waals surface area contributed by atoms with Crippen molar-refractivity contribution in [3.05, 3.63) is 0 Å². The van der Waals surface area contributed by atoms with Crippen LogP contribution in [0.1, 0.15) is 26.2 Å². The van der Waals surface area contributed by atoms with Gasteiger partial charge in [-0.15, -0.1) is 0 Å². The van der Waals surface area contributed by atoms with E-state index in [1.54, 1.807) is 0 Å². The number of hydrogen-bond acceptors (Lipinski definition) is 4. The van der Waals surface area contributed by atoms with Gasteiger partial charge < -0.3 is 16.2 Å². The Morgan fingerprint density at radius 2 is 2.17 bits per heavy atom. The predicted molar refractivity (Wildman–Crippen MR) is 67.7 cm³/mol. The number of primary amides is 1. The van der Waals surface area contributed by atoms with Crippen molar-refractivity contribution >= 4 is 11.8 Å². The lowest BCUT2D eigenvalue weighted by Crippen LogP contribution is -2.52. The van der Waals surface area contributed by atoms with Gasteiger partial charge in [0.15, 0.2) is 0 Å². The van der Waals surface area contributed by atoms with Gasteiger partial charge in [0.1, 0.15) is 0 Å². The second-order valence-corrected chi connectivity index (χ2v) is 5.03. The van der Waals surface area contributed by atoms with Gasteiger partial charge in [0, 0.05) is 32.7 Å². The molecule has 4 N–H and O–H groups in total. The Labute approximate surface area is 108 Å². The van der Waals surface area contributed by atoms with Crippen LogP contribution in [0.15, 0.2) is 0 Å². The van der Waals surface area contributed by atoms with Crippen LogP contribution in [0, 0.1) is 5.92 Å². The highest BCUT2D eigenvalue weighted by atomic mass is 16.3. The molecule has 0 spiro atoms. The number of nitrogens with two attached hydrogens (primary N) is 1. The molecule has 1 aliphatic heterocycles. The topological polar surface area (TPSA) is 95.7 Å². The van der Waals surface area contributed by atoms with Gasteiger partial charge in [0.05, 0.1) is 6.54 Å². The molecule has 6 nitrogen and oxygen atoms in total. The number of piperidine rings is 1. The zero-order valence-corrected chi connectivity index (χ0v) is 10.9. The van der Waals surface area contributed by atoms with Crippen LogP contribution in [0.4, 0.5) is 0 Å². The third-order valence-electron chi connectivity index (χ3n) is 3.17. The Morgan fingerprint density at radius 1 is 1.44 bits per heavy atom. The minimum atomic E-state index is -0.348. The second-order valence-electron chi connectivity index (χ2n) is 5.03. The lowest BCUT2D eigenvalue weighted by Gasteiger charge is -2.37. The molecule has 2 atom stereocenters. The summed E-state index contributed by atoms with van der Waals surface area (Å²) in [5.41, 5.74) is 5.21. The zero-order chi connectivity index (χ0) is 13.5. The highest BCUT2D eigenvalue weighted by molar-refractivity contribution is 5.76. The Morgan fingerprint density at radius 3 is 2.72 bits per heavy atom. The highest BCUT2D eigenvalue weighted by Crippen LogP contribution is 2.21. The monoisotopic (exact) mass is 257 g/mol. The maximum atomic E-state index is 11.1. The van der Waals surface area contributed by atoms with Crippen LogP contribution < -0.4 is 11.1 Å². The first-order chi connectivity index (χ1) is 8.51. The Kier molecular flexibility index (Phi) is 6.07. The van der Waals surface area contributed by atoms with E-state index in [1.807, 2.05) is 4.90 Å². The highest BCUT2D eigenvalue weighted by Gasteiger charge is 2.27. The fourth-order valence-electron chi connectivity index (χ4n) is 2.63. The van der Waals surface area contributed by atoms with Crippen molar-refractivity contribution in [1.82, 2.24) is 10.2 Å². The van der Waals surface area contributed by atoms with Crippen molar-refractivity contribution in [2.45, 2.75) is 32.2 Å². The summed E-state index contributed by atoms with van der Waals surface area (Å²) in [5.74, 6) is -0.0108. The van der Waals surface area contributed by atoms with Crippen LogP contribution in [-0.2, 0) is 9.59 Å². The number of nitrogens with one attached hydrogen (secondary N) is 1. The summed E-state index contributed by atoms with van der Waals surface area (Å²) in [6, 6.07) is 0.0688. The lowest BCUT2D eigenvalue weighted by atomic mass is 9.90. The van der Waals surface area contributed by atoms with Crippen LogP contribution in [-0.4, -0.2) is 54.1 Å². The number of aliphatic hydroxyl groups is 1. The molecule has 1 heterocycles. The summed E-state index contributed by atoms with van der Waals surface area (Å²) in [6.07, 6.45) is 2.55. The number of nitrogens with zero attached hydrogens (tertiary/aromatic N) is 1. The van der Waals surface area contributed by atoms with Gasteiger partial charge in [-0.05, 0) is 25.2 Å². The molecule has 6 heteroatoms. The summed E-state index contributed by atoms with van der Waals surface area (Å²) in [4.78, 5) is 24.1. The quantitative estimate of drug-likeness (QED) is 0.573. The third kappa shape index (κ3) is 5.46. The number of amides is 2. The number of carbonyl (C=O) groups is 2. The van der Waals surface area contributed by atoms with Gasteiger partial charge >= 0.3 is 0 Å². The smallest absolute Gasteiger partial charge is 0.231 e. The van der Waals surface area contributed by atoms with Gasteiger partial charge in [-0.1, -0.05) is 0 Å². The molecule has 1 saturated heterocycles. The number of rotatable bonds is 6. The zero-order valence-electron chi connectivity index (χ0n) is 10.9. The summed E-state index contributed by atoms with van der Waals surface area (Å²) < 4.78 is 0. The number of carbonyl (C=O) groups excluding carboxylic acids is 2. The van der Waals surface area contributed by atoms with Crippen molar-refractivity contribution in [1.29, 1.82) is 0 Å². The normalized spacial score (nSPS) is 24.8. The van der Waals surface area contributed by atoms with Crippen molar-refractivity contribution in [3.63, 3.8) is 0 Å². The Hall–Kier alpha value is -1.14. The summed E-state index contributed by atoms with van der Waals surface area (Å²) in [5, 5.41) is 11.8. The van der Waals surface area contributed by atoms with Crippen LogP contribution >= 0.6 is 0 Å². The molecule has 1 rings (SSSR count). The van der Waals surface area contributed by atoms with Gasteiger partial charge in [-0.3, -0.25) is 14.5 Å². The molecule has 0 saturated carbocycles. The molecule has 18 heavy (non-hydrogen) atoms. The molecule has 104 valence electrons. The van der Waals surface area contributed by atoms with Crippen LogP contribution in [0.2, 0.25) is 0 Å². The molecule has 2 amide bonds. The van der Waals surface area contributed by atoms with Crippen molar-refractivity contribution < 1.29 is 14.7 Å². The van der Waals surface area contributed by atoms with E-state index in [4.69, 9.17) is 10.8 Å². The van der Waals surface area contributed by atoms with E-state index in [0.717, 1.165) is 25.8 Å². The number of aliphatic hydroxyl groups excluding tert-OH is 1. The standard InChI is InChI=1S/C12H23N3O3/c1-9(17)14-11-5-10(3-2-4-16)6-15(7-11)8-12(13)18/h10-11,16H,2-8H2,1H3,(H2,13,18)(H,14,17). The Balaban J connectivity index is 2.53. The van der Waals surface area contributed by atoms with E-state index in [-0.39, 0.29) is 31.0 Å². The van der Waals surface area contributed by atoms with E-state index < -0.39 is 0 Å². The van der Waals surface area contributed by atoms with Crippen molar-refractivity contribution in [2.75, 3.05) is 26.2 Å². The molecule has 0 bridgehead atoms. The van der Waals surface area contributed by atoms with E-state index in [9.17, 15) is 9.59 Å². The van der Waals surface area contributed by atoms with Gasteiger partial charge in [-0.2, -0.15) is 0 Å². The van der Waals surface area contributed by atoms with E-state index >= 15 is 0 Å². The first-order valence-electron chi connectivity index (χ1n) is 6.40. The van der Waals surface area contributed by atoms with E-state index in [0.29, 0.717) is 12.5 Å². The van der Waals surface area contributed by atoms with E-state index in [2.05, 4.69) is 5.32 Å². The molecular weight excluding hydrogens is 234 g/mol. The SMILES string of the molecule is CC(=O)NC1CC(CCCO)CN(CC(N)=O)C1. The first-order valence-corrected chi connectivity index (χ1v) is 6.40. The van der Waals surface area contributed by atoms with Crippen LogP contribution in [0.5, 0.6) is 0 Å². The number of hydrogen-bond donors (Lipinski definition) is 3. The molecule has 1 aliphatic rings. The Bertz CT molecular complexity index is 272. The lowest BCUT2D eigenvalue weighted by molar-refractivity contribution is -0.120. The van der Waals surface area contributed by atoms with Gasteiger partial charge in [0.2, 0.25) is 11.8 Å². The second kappa shape index (κ2) is 7.33. The van der Waals surface area contributed by atoms with Crippen LogP contribution in [0.3, 0.4) is 0 Å². The molecule has 1 fully saturated rings. The maximum Gasteiger partial charge on any atom is 0.231 e. The average molecular weight is 257 g/mol. The first kappa shape index (κ1) is 14.9. The molecule has 0 aromatic rings. The third-order valence-corrected chi connectivity index (χ3v) is 3.17. The molecule has 0 radical (unpaired) electrons. The minimum absolute atomic E-state index is 0.0539. The fourth-order valence-corrected chi connectivity index (χ4v) is 2.63. The van der Waals surface area contributed by atoms with Gasteiger partial charge in [-0.25, -0.2) is 0 Å². The predicted octanol–water partition coefficient (Wildman–Crippen LogP) is -0.929. The molecule has 0 aromatic heterocycles. The largest absolute Gasteiger partial charge is 0.396 e. The molecule has 0 aliphatic carbocycles. The fraction of sp³-hybridized carbons (Fsp3) is 0.833. The van der Waals surface area contributed by atoms with Crippen molar-refractivity contribution in [2.24, 2.45) is 11.7 Å². The molecule has 0 aromatic carbocycles. The van der Waals surface area contributed by atoms with E-state index in [1.165, 1.54) is 6.92 Å². The van der Waals surface area contributed by atoms with Crippen LogP contribution in [0.25, 0.3) is 0 Å². The minimum Gasteiger partial charge on any atom is -0.396 e. The number of likely N-dealkylation sites (tertiary alicyclic amines) is 1. The summed E-state index contributed by atoms with van der Waals surface area (Å²) in [6.45, 7) is 3.37. The van der Waals surface area contributed by atoms with Gasteiger partial charge in [0.25, 0.3) is 0 Å². The summed E-state index contributed by atoms with van der Waals surface area (Å²) in [7, 11) is 0.